The summed E-state index contributed by atoms with van der Waals surface area (Å²) in [7, 11) is 0. The van der Waals surface area contributed by atoms with Crippen molar-refractivity contribution in [1.82, 2.24) is 0 Å². The highest BCUT2D eigenvalue weighted by atomic mass is 16.6. The number of nitrogens with one attached hydrogen (secondary N) is 1. The Kier molecular flexibility index (Phi) is 8.25. The molecule has 0 aromatic heterocycles. The minimum absolute atomic E-state index is 0.250. The number of carbonyl (C=O) groups is 2. The molecule has 0 unspecified atom stereocenters. The molecular formula is C28H31NO4. The zero-order chi connectivity index (χ0) is 23.8. The molecule has 1 amide bonds. The highest BCUT2D eigenvalue weighted by molar-refractivity contribution is 5.94. The predicted octanol–water partition coefficient (Wildman–Crippen LogP) is 6.16. The lowest BCUT2D eigenvalue weighted by molar-refractivity contribution is -0.149. The van der Waals surface area contributed by atoms with E-state index < -0.39 is 5.97 Å². The van der Waals surface area contributed by atoms with E-state index in [0.717, 1.165) is 27.9 Å². The van der Waals surface area contributed by atoms with E-state index in [4.69, 9.17) is 9.47 Å². The number of hydrogen-bond acceptors (Lipinski definition) is 4. The van der Waals surface area contributed by atoms with Gasteiger partial charge in [0, 0.05) is 11.3 Å². The van der Waals surface area contributed by atoms with Crippen LogP contribution in [0.3, 0.4) is 0 Å². The monoisotopic (exact) mass is 445 g/mol. The van der Waals surface area contributed by atoms with Crippen LogP contribution in [-0.4, -0.2) is 25.1 Å². The second-order valence-electron chi connectivity index (χ2n) is 8.48. The molecule has 0 aliphatic carbocycles. The highest BCUT2D eigenvalue weighted by Crippen LogP contribution is 2.32. The molecule has 0 saturated carbocycles. The lowest BCUT2D eigenvalue weighted by Gasteiger charge is -2.20. The minimum atomic E-state index is -0.603. The molecule has 0 aliphatic rings. The molecule has 3 aromatic carbocycles. The van der Waals surface area contributed by atoms with Crippen LogP contribution < -0.4 is 10.1 Å². The number of benzene rings is 3. The Morgan fingerprint density at radius 1 is 0.758 bits per heavy atom. The highest BCUT2D eigenvalue weighted by Gasteiger charge is 2.17. The molecule has 3 rings (SSSR count). The van der Waals surface area contributed by atoms with Crippen LogP contribution in [0.2, 0.25) is 0 Å². The molecule has 5 nitrogen and oxygen atoms in total. The third-order valence-corrected chi connectivity index (χ3v) is 5.32. The summed E-state index contributed by atoms with van der Waals surface area (Å²) in [5.41, 5.74) is 4.79. The Balaban J connectivity index is 1.58. The topological polar surface area (TPSA) is 64.6 Å². The Labute approximate surface area is 195 Å². The third-order valence-electron chi connectivity index (χ3n) is 5.32. The number of esters is 1. The van der Waals surface area contributed by atoms with Crippen molar-refractivity contribution in [2.24, 2.45) is 0 Å². The van der Waals surface area contributed by atoms with Gasteiger partial charge in [0.2, 0.25) is 0 Å². The van der Waals surface area contributed by atoms with Gasteiger partial charge in [-0.3, -0.25) is 4.79 Å². The van der Waals surface area contributed by atoms with Gasteiger partial charge in [-0.25, -0.2) is 4.79 Å². The number of anilines is 1. The fourth-order valence-corrected chi connectivity index (χ4v) is 3.64. The van der Waals surface area contributed by atoms with Crippen LogP contribution in [0.15, 0.2) is 72.8 Å². The number of hydrogen-bond donors (Lipinski definition) is 1. The van der Waals surface area contributed by atoms with Gasteiger partial charge in [0.15, 0.2) is 13.2 Å². The minimum Gasteiger partial charge on any atom is -0.481 e. The van der Waals surface area contributed by atoms with Crippen LogP contribution in [0.1, 0.15) is 50.7 Å². The molecule has 0 radical (unpaired) electrons. The Morgan fingerprint density at radius 2 is 1.36 bits per heavy atom. The molecule has 33 heavy (non-hydrogen) atoms. The van der Waals surface area contributed by atoms with Crippen LogP contribution in [0.5, 0.6) is 5.75 Å². The molecule has 172 valence electrons. The van der Waals surface area contributed by atoms with Crippen molar-refractivity contribution in [2.45, 2.75) is 39.5 Å². The Morgan fingerprint density at radius 3 is 2.00 bits per heavy atom. The SMILES string of the molecule is CC(C)c1cccc(C(C)C)c1NC(=O)COC(=O)COc1ccccc1-c1ccccc1. The van der Waals surface area contributed by atoms with Crippen LogP contribution in [0.25, 0.3) is 11.1 Å². The van der Waals surface area contributed by atoms with Crippen LogP contribution in [-0.2, 0) is 14.3 Å². The average molecular weight is 446 g/mol. The predicted molar refractivity (Wildman–Crippen MR) is 132 cm³/mol. The van der Waals surface area contributed by atoms with Gasteiger partial charge >= 0.3 is 5.97 Å². The summed E-state index contributed by atoms with van der Waals surface area (Å²) in [6, 6.07) is 23.3. The summed E-state index contributed by atoms with van der Waals surface area (Å²) in [4.78, 5) is 24.8. The lowest BCUT2D eigenvalue weighted by Crippen LogP contribution is -2.25. The summed E-state index contributed by atoms with van der Waals surface area (Å²) in [6.45, 7) is 7.68. The number of carbonyl (C=O) groups excluding carboxylic acids is 2. The van der Waals surface area contributed by atoms with Gasteiger partial charge in [0.1, 0.15) is 5.75 Å². The second-order valence-corrected chi connectivity index (χ2v) is 8.48. The van der Waals surface area contributed by atoms with Crippen LogP contribution in [0, 0.1) is 0 Å². The molecule has 3 aromatic rings. The van der Waals surface area contributed by atoms with Gasteiger partial charge in [-0.1, -0.05) is 94.4 Å². The molecule has 0 heterocycles. The summed E-state index contributed by atoms with van der Waals surface area (Å²) in [5.74, 6) is 0.106. The largest absolute Gasteiger partial charge is 0.481 e. The fraction of sp³-hybridized carbons (Fsp3) is 0.286. The standard InChI is InChI=1S/C28H31NO4/c1-19(2)22-14-10-15-23(20(3)4)28(22)29-26(30)17-33-27(31)18-32-25-16-9-8-13-24(25)21-11-6-5-7-12-21/h5-16,19-20H,17-18H2,1-4H3,(H,29,30). The van der Waals surface area contributed by atoms with Crippen molar-refractivity contribution in [2.75, 3.05) is 18.5 Å². The van der Waals surface area contributed by atoms with Crippen LogP contribution >= 0.6 is 0 Å². The maximum atomic E-state index is 12.6. The van der Waals surface area contributed by atoms with Gasteiger partial charge < -0.3 is 14.8 Å². The Bertz CT molecular complexity index is 1060. The van der Waals surface area contributed by atoms with Crippen molar-refractivity contribution in [3.8, 4) is 16.9 Å². The third kappa shape index (κ3) is 6.45. The number of ether oxygens (including phenoxy) is 2. The molecule has 0 atom stereocenters. The quantitative estimate of drug-likeness (QED) is 0.401. The van der Waals surface area contributed by atoms with Gasteiger partial charge in [-0.15, -0.1) is 0 Å². The number of amides is 1. The van der Waals surface area contributed by atoms with E-state index >= 15 is 0 Å². The smallest absolute Gasteiger partial charge is 0.344 e. The molecule has 1 N–H and O–H groups in total. The lowest BCUT2D eigenvalue weighted by atomic mass is 9.92. The molecule has 0 fully saturated rings. The zero-order valence-corrected chi connectivity index (χ0v) is 19.6. The average Bonchev–Trinajstić information content (AvgIpc) is 2.82. The maximum Gasteiger partial charge on any atom is 0.344 e. The van der Waals surface area contributed by atoms with Gasteiger partial charge in [-0.2, -0.15) is 0 Å². The van der Waals surface area contributed by atoms with Gasteiger partial charge in [0.05, 0.1) is 0 Å². The van der Waals surface area contributed by atoms with E-state index in [1.165, 1.54) is 0 Å². The van der Waals surface area contributed by atoms with E-state index in [-0.39, 0.29) is 31.0 Å². The normalized spacial score (nSPS) is 10.8. The maximum absolute atomic E-state index is 12.6. The summed E-state index contributed by atoms with van der Waals surface area (Å²) in [5, 5.41) is 2.94. The van der Waals surface area contributed by atoms with Gasteiger partial charge in [0.25, 0.3) is 5.91 Å². The number of rotatable bonds is 9. The second kappa shape index (κ2) is 11.3. The summed E-state index contributed by atoms with van der Waals surface area (Å²) in [6.07, 6.45) is 0. The van der Waals surface area contributed by atoms with E-state index in [0.29, 0.717) is 5.75 Å². The van der Waals surface area contributed by atoms with E-state index in [9.17, 15) is 9.59 Å². The van der Waals surface area contributed by atoms with E-state index in [2.05, 4.69) is 33.0 Å². The van der Waals surface area contributed by atoms with Crippen molar-refractivity contribution in [3.05, 3.63) is 83.9 Å². The van der Waals surface area contributed by atoms with Gasteiger partial charge in [-0.05, 0) is 34.6 Å². The van der Waals surface area contributed by atoms with E-state index in [1.807, 2.05) is 66.7 Å². The fourth-order valence-electron chi connectivity index (χ4n) is 3.64. The summed E-state index contributed by atoms with van der Waals surface area (Å²) < 4.78 is 10.9. The first kappa shape index (κ1) is 24.1. The van der Waals surface area contributed by atoms with Crippen molar-refractivity contribution >= 4 is 17.6 Å². The molecule has 0 spiro atoms. The first-order valence-electron chi connectivity index (χ1n) is 11.2. The first-order chi connectivity index (χ1) is 15.9. The van der Waals surface area contributed by atoms with Crippen LogP contribution in [0.4, 0.5) is 5.69 Å². The van der Waals surface area contributed by atoms with Crippen molar-refractivity contribution < 1.29 is 19.1 Å². The van der Waals surface area contributed by atoms with Crippen molar-refractivity contribution in [3.63, 3.8) is 0 Å². The number of para-hydroxylation sites is 2. The molecule has 0 aliphatic heterocycles. The first-order valence-corrected chi connectivity index (χ1v) is 11.2. The van der Waals surface area contributed by atoms with E-state index in [1.54, 1.807) is 6.07 Å². The molecule has 0 bridgehead atoms. The zero-order valence-electron chi connectivity index (χ0n) is 19.6. The molecule has 0 saturated heterocycles. The van der Waals surface area contributed by atoms with Crippen molar-refractivity contribution in [1.29, 1.82) is 0 Å². The Hall–Kier alpha value is -3.60. The summed E-state index contributed by atoms with van der Waals surface area (Å²) >= 11 is 0. The molecular weight excluding hydrogens is 414 g/mol. The molecule has 5 heteroatoms.